The summed E-state index contributed by atoms with van der Waals surface area (Å²) in [6, 6.07) is 0. The summed E-state index contributed by atoms with van der Waals surface area (Å²) >= 11 is 0. The fourth-order valence-corrected chi connectivity index (χ4v) is 0.643. The van der Waals surface area contributed by atoms with Gasteiger partial charge in [0.1, 0.15) is 12.1 Å². The molecule has 0 saturated carbocycles. The van der Waals surface area contributed by atoms with Crippen molar-refractivity contribution in [3.05, 3.63) is 25.3 Å². The molecular formula is C7H11N3. The average Bonchev–Trinajstić information content (AvgIpc) is 2.36. The Morgan fingerprint density at radius 3 is 2.70 bits per heavy atom. The number of hydrogen-bond acceptors (Lipinski definition) is 2. The van der Waals surface area contributed by atoms with E-state index < -0.39 is 0 Å². The first-order valence-electron chi connectivity index (χ1n) is 3.06. The molecule has 0 aliphatic rings. The van der Waals surface area contributed by atoms with E-state index >= 15 is 0 Å². The molecule has 0 radical (unpaired) electrons. The lowest BCUT2D eigenvalue weighted by Gasteiger charge is -2.15. The minimum absolute atomic E-state index is 0.914. The summed E-state index contributed by atoms with van der Waals surface area (Å²) in [7, 11) is 3.89. The van der Waals surface area contributed by atoms with Gasteiger partial charge in [-0.1, -0.05) is 6.58 Å². The van der Waals surface area contributed by atoms with Crippen LogP contribution in [0.1, 0.15) is 0 Å². The molecule has 0 aliphatic heterocycles. The van der Waals surface area contributed by atoms with Crippen LogP contribution in [0.2, 0.25) is 0 Å². The van der Waals surface area contributed by atoms with E-state index in [1.54, 1.807) is 12.5 Å². The van der Waals surface area contributed by atoms with Crippen molar-refractivity contribution in [1.82, 2.24) is 14.5 Å². The molecule has 0 N–H and O–H groups in total. The Morgan fingerprint density at radius 2 is 2.30 bits per heavy atom. The molecule has 0 unspecified atom stereocenters. The molecule has 3 nitrogen and oxygen atoms in total. The summed E-state index contributed by atoms with van der Waals surface area (Å²) in [4.78, 5) is 5.83. The molecule has 0 bridgehead atoms. The van der Waals surface area contributed by atoms with Gasteiger partial charge in [0.25, 0.3) is 0 Å². The van der Waals surface area contributed by atoms with Gasteiger partial charge in [-0.3, -0.25) is 4.57 Å². The molecule has 1 heterocycles. The van der Waals surface area contributed by atoms with Gasteiger partial charge in [0.05, 0.1) is 0 Å². The van der Waals surface area contributed by atoms with Gasteiger partial charge in [-0.25, -0.2) is 4.98 Å². The van der Waals surface area contributed by atoms with Crippen molar-refractivity contribution in [2.45, 2.75) is 0 Å². The second kappa shape index (κ2) is 2.56. The standard InChI is InChI=1S/C7H11N3/c1-7(9(2)3)10-5-4-8-6-10/h4-6H,1H2,2-3H3. The fraction of sp³-hybridized carbons (Fsp3) is 0.286. The Morgan fingerprint density at radius 1 is 1.60 bits per heavy atom. The lowest BCUT2D eigenvalue weighted by Crippen LogP contribution is -2.13. The highest BCUT2D eigenvalue weighted by molar-refractivity contribution is 5.37. The summed E-state index contributed by atoms with van der Waals surface area (Å²) in [6.07, 6.45) is 5.32. The molecule has 54 valence electrons. The molecule has 0 atom stereocenters. The van der Waals surface area contributed by atoms with E-state index in [1.165, 1.54) is 0 Å². The van der Waals surface area contributed by atoms with E-state index in [0.29, 0.717) is 0 Å². The Labute approximate surface area is 60.6 Å². The van der Waals surface area contributed by atoms with Gasteiger partial charge in [0, 0.05) is 26.5 Å². The van der Waals surface area contributed by atoms with E-state index in [2.05, 4.69) is 11.6 Å². The average molecular weight is 137 g/mol. The highest BCUT2D eigenvalue weighted by Gasteiger charge is 1.95. The zero-order valence-electron chi connectivity index (χ0n) is 6.28. The van der Waals surface area contributed by atoms with Crippen LogP contribution in [0, 0.1) is 0 Å². The number of hydrogen-bond donors (Lipinski definition) is 0. The molecule has 0 saturated heterocycles. The molecule has 0 aromatic carbocycles. The molecule has 0 spiro atoms. The third-order valence-corrected chi connectivity index (χ3v) is 1.32. The van der Waals surface area contributed by atoms with Gasteiger partial charge in [-0.2, -0.15) is 0 Å². The van der Waals surface area contributed by atoms with Crippen LogP contribution < -0.4 is 0 Å². The normalized spacial score (nSPS) is 9.40. The van der Waals surface area contributed by atoms with Crippen LogP contribution in [-0.2, 0) is 0 Å². The highest BCUT2D eigenvalue weighted by atomic mass is 15.2. The molecule has 3 heteroatoms. The molecule has 0 amide bonds. The number of rotatable bonds is 2. The third-order valence-electron chi connectivity index (χ3n) is 1.32. The van der Waals surface area contributed by atoms with Gasteiger partial charge in [-0.15, -0.1) is 0 Å². The lowest BCUT2D eigenvalue weighted by atomic mass is 10.6. The Hall–Kier alpha value is -1.25. The summed E-state index contributed by atoms with van der Waals surface area (Å²) in [5.74, 6) is 0.914. The maximum Gasteiger partial charge on any atom is 0.105 e. The predicted molar refractivity (Wildman–Crippen MR) is 41.2 cm³/mol. The smallest absolute Gasteiger partial charge is 0.105 e. The van der Waals surface area contributed by atoms with Crippen LogP contribution in [-0.4, -0.2) is 28.5 Å². The summed E-state index contributed by atoms with van der Waals surface area (Å²) in [5, 5.41) is 0. The molecule has 0 fully saturated rings. The third kappa shape index (κ3) is 1.18. The van der Waals surface area contributed by atoms with Crippen molar-refractivity contribution >= 4 is 5.82 Å². The molecular weight excluding hydrogens is 126 g/mol. The van der Waals surface area contributed by atoms with Crippen LogP contribution in [0.4, 0.5) is 0 Å². The first-order chi connectivity index (χ1) is 4.72. The Bertz CT molecular complexity index is 211. The van der Waals surface area contributed by atoms with Crippen LogP contribution in [0.5, 0.6) is 0 Å². The van der Waals surface area contributed by atoms with Gasteiger partial charge >= 0.3 is 0 Å². The Balaban J connectivity index is 2.78. The van der Waals surface area contributed by atoms with E-state index in [9.17, 15) is 0 Å². The van der Waals surface area contributed by atoms with Gasteiger partial charge in [0.15, 0.2) is 0 Å². The zero-order valence-corrected chi connectivity index (χ0v) is 6.28. The van der Waals surface area contributed by atoms with Crippen molar-refractivity contribution in [3.63, 3.8) is 0 Å². The first kappa shape index (κ1) is 6.86. The molecule has 1 aromatic rings. The van der Waals surface area contributed by atoms with Crippen molar-refractivity contribution in [3.8, 4) is 0 Å². The van der Waals surface area contributed by atoms with Gasteiger partial charge < -0.3 is 4.90 Å². The first-order valence-corrected chi connectivity index (χ1v) is 3.06. The van der Waals surface area contributed by atoms with E-state index in [4.69, 9.17) is 0 Å². The summed E-state index contributed by atoms with van der Waals surface area (Å²) in [5.41, 5.74) is 0. The number of imidazole rings is 1. The van der Waals surface area contributed by atoms with Gasteiger partial charge in [-0.05, 0) is 0 Å². The van der Waals surface area contributed by atoms with Crippen LogP contribution in [0.25, 0.3) is 5.82 Å². The maximum atomic E-state index is 3.90. The topological polar surface area (TPSA) is 21.1 Å². The quantitative estimate of drug-likeness (QED) is 0.603. The van der Waals surface area contributed by atoms with Crippen LogP contribution in [0.3, 0.4) is 0 Å². The summed E-state index contributed by atoms with van der Waals surface area (Å²) < 4.78 is 1.86. The minimum Gasteiger partial charge on any atom is -0.364 e. The second-order valence-electron chi connectivity index (χ2n) is 2.28. The Kier molecular flexibility index (Phi) is 1.76. The van der Waals surface area contributed by atoms with Crippen LogP contribution >= 0.6 is 0 Å². The highest BCUT2D eigenvalue weighted by Crippen LogP contribution is 2.01. The van der Waals surface area contributed by atoms with Crippen molar-refractivity contribution < 1.29 is 0 Å². The molecule has 0 aliphatic carbocycles. The van der Waals surface area contributed by atoms with Crippen LogP contribution in [0.15, 0.2) is 25.3 Å². The van der Waals surface area contributed by atoms with Crippen molar-refractivity contribution in [2.24, 2.45) is 0 Å². The predicted octanol–water partition coefficient (Wildman–Crippen LogP) is 0.873. The fourth-order valence-electron chi connectivity index (χ4n) is 0.643. The largest absolute Gasteiger partial charge is 0.364 e. The maximum absolute atomic E-state index is 3.90. The monoisotopic (exact) mass is 137 g/mol. The van der Waals surface area contributed by atoms with E-state index in [-0.39, 0.29) is 0 Å². The molecule has 1 rings (SSSR count). The van der Waals surface area contributed by atoms with E-state index in [0.717, 1.165) is 5.82 Å². The van der Waals surface area contributed by atoms with Crippen molar-refractivity contribution in [2.75, 3.05) is 14.1 Å². The number of nitrogens with zero attached hydrogens (tertiary/aromatic N) is 3. The van der Waals surface area contributed by atoms with Gasteiger partial charge in [0.2, 0.25) is 0 Å². The summed E-state index contributed by atoms with van der Waals surface area (Å²) in [6.45, 7) is 3.85. The van der Waals surface area contributed by atoms with E-state index in [1.807, 2.05) is 29.8 Å². The molecule has 1 aromatic heterocycles. The zero-order chi connectivity index (χ0) is 7.56. The molecule has 10 heavy (non-hydrogen) atoms. The second-order valence-corrected chi connectivity index (χ2v) is 2.28. The lowest BCUT2D eigenvalue weighted by molar-refractivity contribution is 0.557. The number of aromatic nitrogens is 2. The van der Waals surface area contributed by atoms with Crippen molar-refractivity contribution in [1.29, 1.82) is 0 Å². The SMILES string of the molecule is C=C(N(C)C)n1ccnc1. The minimum atomic E-state index is 0.914.